The number of aromatic nitrogens is 1. The van der Waals surface area contributed by atoms with E-state index in [1.807, 2.05) is 6.07 Å². The van der Waals surface area contributed by atoms with Gasteiger partial charge in [-0.05, 0) is 43.0 Å². The van der Waals surface area contributed by atoms with Gasteiger partial charge in [0, 0.05) is 43.5 Å². The SMILES string of the molecule is c1ccc2c(c1)C[C@H](CNCc1cc3ccccc3nc1N1CCCCC1)O2. The second kappa shape index (κ2) is 7.80. The molecule has 2 aliphatic rings. The number of nitrogens with zero attached hydrogens (tertiary/aromatic N) is 2. The summed E-state index contributed by atoms with van der Waals surface area (Å²) in [6.07, 6.45) is 5.05. The van der Waals surface area contributed by atoms with Gasteiger partial charge in [0.05, 0.1) is 5.52 Å². The van der Waals surface area contributed by atoms with Crippen LogP contribution in [-0.4, -0.2) is 30.7 Å². The number of fused-ring (bicyclic) bond motifs is 2. The maximum atomic E-state index is 6.07. The van der Waals surface area contributed by atoms with Gasteiger partial charge in [-0.25, -0.2) is 4.98 Å². The second-order valence-corrected chi connectivity index (χ2v) is 7.89. The number of benzene rings is 2. The van der Waals surface area contributed by atoms with Gasteiger partial charge in [0.15, 0.2) is 0 Å². The van der Waals surface area contributed by atoms with Gasteiger partial charge in [-0.3, -0.25) is 0 Å². The molecule has 28 heavy (non-hydrogen) atoms. The molecular formula is C24H27N3O. The first-order valence-electron chi connectivity index (χ1n) is 10.5. The number of piperidine rings is 1. The van der Waals surface area contributed by atoms with Crippen LogP contribution in [0.1, 0.15) is 30.4 Å². The van der Waals surface area contributed by atoms with Gasteiger partial charge >= 0.3 is 0 Å². The maximum Gasteiger partial charge on any atom is 0.133 e. The summed E-state index contributed by atoms with van der Waals surface area (Å²) >= 11 is 0. The van der Waals surface area contributed by atoms with E-state index in [-0.39, 0.29) is 6.10 Å². The van der Waals surface area contributed by atoms with Crippen LogP contribution in [0, 0.1) is 0 Å². The molecule has 3 heterocycles. The number of para-hydroxylation sites is 2. The molecule has 0 unspecified atom stereocenters. The fourth-order valence-electron chi connectivity index (χ4n) is 4.39. The average molecular weight is 374 g/mol. The maximum absolute atomic E-state index is 6.07. The zero-order chi connectivity index (χ0) is 18.8. The Hall–Kier alpha value is -2.59. The van der Waals surface area contributed by atoms with Gasteiger partial charge < -0.3 is 15.0 Å². The number of nitrogens with one attached hydrogen (secondary N) is 1. The van der Waals surface area contributed by atoms with E-state index < -0.39 is 0 Å². The van der Waals surface area contributed by atoms with Crippen LogP contribution in [0.4, 0.5) is 5.82 Å². The molecule has 5 rings (SSSR count). The summed E-state index contributed by atoms with van der Waals surface area (Å²) < 4.78 is 6.07. The highest BCUT2D eigenvalue weighted by Gasteiger charge is 2.22. The second-order valence-electron chi connectivity index (χ2n) is 7.89. The molecule has 0 radical (unpaired) electrons. The minimum Gasteiger partial charge on any atom is -0.488 e. The zero-order valence-corrected chi connectivity index (χ0v) is 16.2. The molecule has 3 aromatic rings. The number of pyridine rings is 1. The van der Waals surface area contributed by atoms with E-state index in [2.05, 4.69) is 58.7 Å². The number of hydrogen-bond donors (Lipinski definition) is 1. The van der Waals surface area contributed by atoms with E-state index in [0.29, 0.717) is 0 Å². The molecule has 1 N–H and O–H groups in total. The van der Waals surface area contributed by atoms with Crippen LogP contribution in [0.5, 0.6) is 5.75 Å². The normalized spacial score (nSPS) is 18.9. The number of rotatable bonds is 5. The molecular weight excluding hydrogens is 346 g/mol. The van der Waals surface area contributed by atoms with Crippen molar-refractivity contribution in [3.05, 3.63) is 65.7 Å². The van der Waals surface area contributed by atoms with Crippen LogP contribution in [0.25, 0.3) is 10.9 Å². The molecule has 0 saturated carbocycles. The molecule has 0 bridgehead atoms. The van der Waals surface area contributed by atoms with Crippen molar-refractivity contribution in [2.24, 2.45) is 0 Å². The molecule has 0 aliphatic carbocycles. The van der Waals surface area contributed by atoms with Crippen LogP contribution >= 0.6 is 0 Å². The summed E-state index contributed by atoms with van der Waals surface area (Å²) in [6, 6.07) is 19.1. The van der Waals surface area contributed by atoms with Gasteiger partial charge in [-0.1, -0.05) is 36.4 Å². The summed E-state index contributed by atoms with van der Waals surface area (Å²) in [7, 11) is 0. The van der Waals surface area contributed by atoms with Crippen LogP contribution in [-0.2, 0) is 13.0 Å². The van der Waals surface area contributed by atoms with E-state index in [9.17, 15) is 0 Å². The van der Waals surface area contributed by atoms with E-state index in [1.165, 1.54) is 35.8 Å². The molecule has 4 nitrogen and oxygen atoms in total. The molecule has 2 aromatic carbocycles. The Bertz CT molecular complexity index is 940. The van der Waals surface area contributed by atoms with Crippen LogP contribution in [0.15, 0.2) is 54.6 Å². The molecule has 1 fully saturated rings. The van der Waals surface area contributed by atoms with Gasteiger partial charge in [0.1, 0.15) is 17.7 Å². The van der Waals surface area contributed by atoms with Crippen molar-refractivity contribution >= 4 is 16.7 Å². The van der Waals surface area contributed by atoms with Gasteiger partial charge in [0.2, 0.25) is 0 Å². The summed E-state index contributed by atoms with van der Waals surface area (Å²) in [5, 5.41) is 4.84. The Morgan fingerprint density at radius 2 is 1.82 bits per heavy atom. The van der Waals surface area contributed by atoms with E-state index in [0.717, 1.165) is 49.7 Å². The Morgan fingerprint density at radius 3 is 2.71 bits per heavy atom. The van der Waals surface area contributed by atoms with E-state index in [1.54, 1.807) is 0 Å². The fraction of sp³-hybridized carbons (Fsp3) is 0.375. The topological polar surface area (TPSA) is 37.4 Å². The molecule has 4 heteroatoms. The predicted octanol–water partition coefficient (Wildman–Crippen LogP) is 4.32. The van der Waals surface area contributed by atoms with E-state index in [4.69, 9.17) is 9.72 Å². The quantitative estimate of drug-likeness (QED) is 0.723. The molecule has 1 aromatic heterocycles. The van der Waals surface area contributed by atoms with Crippen LogP contribution in [0.2, 0.25) is 0 Å². The highest BCUT2D eigenvalue weighted by molar-refractivity contribution is 5.81. The minimum atomic E-state index is 0.212. The minimum absolute atomic E-state index is 0.212. The van der Waals surface area contributed by atoms with Crippen molar-refractivity contribution in [2.45, 2.75) is 38.3 Å². The Morgan fingerprint density at radius 1 is 1.00 bits per heavy atom. The van der Waals surface area contributed by atoms with Gasteiger partial charge in [-0.2, -0.15) is 0 Å². The first-order chi connectivity index (χ1) is 13.9. The third kappa shape index (κ3) is 3.57. The van der Waals surface area contributed by atoms with Crippen LogP contribution in [0.3, 0.4) is 0 Å². The van der Waals surface area contributed by atoms with Crippen molar-refractivity contribution in [3.63, 3.8) is 0 Å². The average Bonchev–Trinajstić information content (AvgIpc) is 3.17. The lowest BCUT2D eigenvalue weighted by Crippen LogP contribution is -2.33. The molecule has 2 aliphatic heterocycles. The molecule has 0 spiro atoms. The predicted molar refractivity (Wildman–Crippen MR) is 114 cm³/mol. The Labute approximate surface area is 166 Å². The lowest BCUT2D eigenvalue weighted by Gasteiger charge is -2.30. The zero-order valence-electron chi connectivity index (χ0n) is 16.2. The first-order valence-corrected chi connectivity index (χ1v) is 10.5. The number of hydrogen-bond acceptors (Lipinski definition) is 4. The summed E-state index contributed by atoms with van der Waals surface area (Å²) in [5.74, 6) is 2.19. The fourth-order valence-corrected chi connectivity index (χ4v) is 4.39. The lowest BCUT2D eigenvalue weighted by molar-refractivity contribution is 0.227. The van der Waals surface area contributed by atoms with E-state index >= 15 is 0 Å². The third-order valence-electron chi connectivity index (χ3n) is 5.84. The monoisotopic (exact) mass is 373 g/mol. The van der Waals surface area contributed by atoms with Crippen molar-refractivity contribution < 1.29 is 4.74 Å². The molecule has 1 saturated heterocycles. The molecule has 0 amide bonds. The van der Waals surface area contributed by atoms with Crippen molar-refractivity contribution in [2.75, 3.05) is 24.5 Å². The molecule has 1 atom stereocenters. The Balaban J connectivity index is 1.31. The lowest BCUT2D eigenvalue weighted by atomic mass is 10.1. The summed E-state index contributed by atoms with van der Waals surface area (Å²) in [4.78, 5) is 7.50. The number of anilines is 1. The van der Waals surface area contributed by atoms with Gasteiger partial charge in [-0.15, -0.1) is 0 Å². The summed E-state index contributed by atoms with van der Waals surface area (Å²) in [6.45, 7) is 3.89. The standard InChI is InChI=1S/C24H27N3O/c1-6-12-27(13-7-1)24-20(14-18-8-2-4-10-22(18)26-24)16-25-17-21-15-19-9-3-5-11-23(19)28-21/h2-5,8-11,14,21,25H,1,6-7,12-13,15-17H2/t21-/m1/s1. The largest absolute Gasteiger partial charge is 0.488 e. The van der Waals surface area contributed by atoms with Crippen LogP contribution < -0.4 is 15.0 Å². The van der Waals surface area contributed by atoms with Gasteiger partial charge in [0.25, 0.3) is 0 Å². The highest BCUT2D eigenvalue weighted by atomic mass is 16.5. The highest BCUT2D eigenvalue weighted by Crippen LogP contribution is 2.29. The summed E-state index contributed by atoms with van der Waals surface area (Å²) in [5.41, 5.74) is 3.69. The van der Waals surface area contributed by atoms with Crippen molar-refractivity contribution in [1.29, 1.82) is 0 Å². The molecule has 144 valence electrons. The first kappa shape index (κ1) is 17.5. The van der Waals surface area contributed by atoms with Crippen molar-refractivity contribution in [3.8, 4) is 5.75 Å². The smallest absolute Gasteiger partial charge is 0.133 e. The third-order valence-corrected chi connectivity index (χ3v) is 5.84. The Kier molecular flexibility index (Phi) is 4.88. The van der Waals surface area contributed by atoms with Crippen molar-refractivity contribution in [1.82, 2.24) is 10.3 Å². The number of ether oxygens (including phenoxy) is 1.